The summed E-state index contributed by atoms with van der Waals surface area (Å²) in [5, 5.41) is 4.99. The number of amides is 1. The lowest BCUT2D eigenvalue weighted by atomic mass is 9.65. The number of rotatable bonds is 5. The van der Waals surface area contributed by atoms with Crippen LogP contribution in [0.25, 0.3) is 16.9 Å². The van der Waals surface area contributed by atoms with E-state index in [1.54, 1.807) is 14.2 Å². The number of aromatic nitrogens is 2. The largest absolute Gasteiger partial charge is 0.497 e. The van der Waals surface area contributed by atoms with E-state index in [0.717, 1.165) is 48.2 Å². The van der Waals surface area contributed by atoms with E-state index >= 15 is 0 Å². The predicted octanol–water partition coefficient (Wildman–Crippen LogP) is 6.21. The van der Waals surface area contributed by atoms with Crippen molar-refractivity contribution in [1.82, 2.24) is 14.7 Å². The minimum absolute atomic E-state index is 0.0496. The smallest absolute Gasteiger partial charge is 0.272 e. The number of carbonyl (C=O) groups excluding carboxylic acids is 1. The summed E-state index contributed by atoms with van der Waals surface area (Å²) >= 11 is 0. The van der Waals surface area contributed by atoms with Crippen molar-refractivity contribution in [1.29, 1.82) is 0 Å². The lowest BCUT2D eigenvalue weighted by Gasteiger charge is -2.39. The molecule has 36 heavy (non-hydrogen) atoms. The van der Waals surface area contributed by atoms with E-state index in [4.69, 9.17) is 14.6 Å². The lowest BCUT2D eigenvalue weighted by Crippen LogP contribution is -2.38. The zero-order chi connectivity index (χ0) is 25.8. The number of nitrogens with zero attached hydrogens (tertiary/aromatic N) is 3. The molecule has 1 saturated heterocycles. The Balaban J connectivity index is 1.63. The van der Waals surface area contributed by atoms with Crippen molar-refractivity contribution in [2.24, 2.45) is 10.8 Å². The molecule has 1 amide bonds. The summed E-state index contributed by atoms with van der Waals surface area (Å²) in [7, 11) is 3.27. The predicted molar refractivity (Wildman–Crippen MR) is 142 cm³/mol. The van der Waals surface area contributed by atoms with E-state index < -0.39 is 0 Å². The molecule has 1 aliphatic carbocycles. The summed E-state index contributed by atoms with van der Waals surface area (Å²) < 4.78 is 12.9. The maximum absolute atomic E-state index is 14.2. The molecule has 2 aliphatic rings. The molecule has 2 atom stereocenters. The summed E-state index contributed by atoms with van der Waals surface area (Å²) in [5.41, 5.74) is 5.63. The van der Waals surface area contributed by atoms with Crippen molar-refractivity contribution in [3.8, 4) is 28.4 Å². The van der Waals surface area contributed by atoms with Crippen LogP contribution in [0.3, 0.4) is 0 Å². The third-order valence-corrected chi connectivity index (χ3v) is 7.88. The second-order valence-electron chi connectivity index (χ2n) is 11.8. The maximum Gasteiger partial charge on any atom is 0.272 e. The molecule has 190 valence electrons. The molecule has 1 aromatic heterocycles. The molecule has 2 unspecified atom stereocenters. The monoisotopic (exact) mass is 487 g/mol. The SMILES string of the molecule is COc1ccc(-c2cc(C(=O)N3CC4(C)CC3CC(C)(C)C4)n(-c3cc(C)ccc3C)n2)c(OC)c1. The maximum atomic E-state index is 14.2. The van der Waals surface area contributed by atoms with Gasteiger partial charge in [0.1, 0.15) is 17.2 Å². The zero-order valence-electron chi connectivity index (χ0n) is 22.5. The minimum Gasteiger partial charge on any atom is -0.497 e. The van der Waals surface area contributed by atoms with Gasteiger partial charge in [0.2, 0.25) is 0 Å². The first-order chi connectivity index (χ1) is 17.0. The molecule has 2 bridgehead atoms. The molecule has 2 fully saturated rings. The molecular weight excluding hydrogens is 450 g/mol. The third kappa shape index (κ3) is 4.27. The van der Waals surface area contributed by atoms with Crippen molar-refractivity contribution < 1.29 is 14.3 Å². The summed E-state index contributed by atoms with van der Waals surface area (Å²) in [4.78, 5) is 16.4. The quantitative estimate of drug-likeness (QED) is 0.429. The van der Waals surface area contributed by atoms with Gasteiger partial charge >= 0.3 is 0 Å². The van der Waals surface area contributed by atoms with Gasteiger partial charge in [-0.05, 0) is 79.3 Å². The van der Waals surface area contributed by atoms with Crippen LogP contribution < -0.4 is 9.47 Å². The van der Waals surface area contributed by atoms with E-state index in [0.29, 0.717) is 22.9 Å². The summed E-state index contributed by atoms with van der Waals surface area (Å²) in [6.45, 7) is 11.9. The number of carbonyl (C=O) groups is 1. The lowest BCUT2D eigenvalue weighted by molar-refractivity contribution is 0.0699. The minimum atomic E-state index is 0.0496. The van der Waals surface area contributed by atoms with Crippen molar-refractivity contribution in [3.05, 3.63) is 59.3 Å². The number of benzene rings is 2. The summed E-state index contributed by atoms with van der Waals surface area (Å²) in [6, 6.07) is 14.1. The molecule has 0 radical (unpaired) electrons. The van der Waals surface area contributed by atoms with Gasteiger partial charge in [-0.3, -0.25) is 4.79 Å². The average Bonchev–Trinajstić information content (AvgIpc) is 3.37. The number of fused-ring (bicyclic) bond motifs is 2. The molecule has 6 nitrogen and oxygen atoms in total. The fourth-order valence-electron chi connectivity index (χ4n) is 6.65. The van der Waals surface area contributed by atoms with E-state index in [-0.39, 0.29) is 22.8 Å². The Morgan fingerprint density at radius 2 is 1.78 bits per heavy atom. The first-order valence-corrected chi connectivity index (χ1v) is 12.7. The van der Waals surface area contributed by atoms with Crippen LogP contribution in [0, 0.1) is 24.7 Å². The van der Waals surface area contributed by atoms with Gasteiger partial charge in [0.05, 0.1) is 25.6 Å². The Hall–Kier alpha value is -3.28. The Labute approximate surface area is 214 Å². The normalized spacial score (nSPS) is 22.5. The summed E-state index contributed by atoms with van der Waals surface area (Å²) in [5.74, 6) is 1.42. The highest BCUT2D eigenvalue weighted by Gasteiger charge is 2.51. The Morgan fingerprint density at radius 1 is 1.00 bits per heavy atom. The fraction of sp³-hybridized carbons (Fsp3) is 0.467. The van der Waals surface area contributed by atoms with Gasteiger partial charge in [0, 0.05) is 24.2 Å². The van der Waals surface area contributed by atoms with Gasteiger partial charge in [0.25, 0.3) is 5.91 Å². The molecule has 3 aromatic rings. The highest BCUT2D eigenvalue weighted by atomic mass is 16.5. The van der Waals surface area contributed by atoms with E-state index in [1.807, 2.05) is 28.9 Å². The van der Waals surface area contributed by atoms with Crippen LogP contribution in [0.2, 0.25) is 0 Å². The molecule has 5 rings (SSSR count). The molecule has 2 aromatic carbocycles. The van der Waals surface area contributed by atoms with E-state index in [2.05, 4.69) is 57.7 Å². The number of hydrogen-bond acceptors (Lipinski definition) is 4. The molecule has 1 aliphatic heterocycles. The number of methoxy groups -OCH3 is 2. The molecule has 6 heteroatoms. The molecule has 0 spiro atoms. The summed E-state index contributed by atoms with van der Waals surface area (Å²) in [6.07, 6.45) is 3.24. The Morgan fingerprint density at radius 3 is 2.50 bits per heavy atom. The van der Waals surface area contributed by atoms with Gasteiger partial charge in [0.15, 0.2) is 0 Å². The number of hydrogen-bond donors (Lipinski definition) is 0. The average molecular weight is 488 g/mol. The zero-order valence-corrected chi connectivity index (χ0v) is 22.5. The first kappa shape index (κ1) is 24.4. The van der Waals surface area contributed by atoms with Crippen LogP contribution in [-0.4, -0.2) is 47.4 Å². The van der Waals surface area contributed by atoms with Gasteiger partial charge in [-0.25, -0.2) is 4.68 Å². The second-order valence-corrected chi connectivity index (χ2v) is 11.8. The highest BCUT2D eigenvalue weighted by molar-refractivity contribution is 5.95. The van der Waals surface area contributed by atoms with Crippen LogP contribution in [0.5, 0.6) is 11.5 Å². The van der Waals surface area contributed by atoms with Crippen molar-refractivity contribution in [2.75, 3.05) is 20.8 Å². The standard InChI is InChI=1S/C30H37N3O3/c1-19-8-9-20(2)25(12-19)33-26(14-24(31-33)23-11-10-22(35-6)13-27(23)36-7)28(34)32-18-30(5)16-21(32)15-29(3,4)17-30/h8-14,21H,15-18H2,1-7H3. The fourth-order valence-corrected chi connectivity index (χ4v) is 6.65. The first-order valence-electron chi connectivity index (χ1n) is 12.7. The van der Waals surface area contributed by atoms with Crippen LogP contribution in [0.4, 0.5) is 0 Å². The van der Waals surface area contributed by atoms with Gasteiger partial charge in [-0.15, -0.1) is 0 Å². The molecular formula is C30H37N3O3. The van der Waals surface area contributed by atoms with Crippen LogP contribution in [0.1, 0.15) is 61.6 Å². The number of ether oxygens (including phenoxy) is 2. The van der Waals surface area contributed by atoms with Crippen molar-refractivity contribution in [2.45, 2.75) is 59.9 Å². The van der Waals surface area contributed by atoms with Crippen LogP contribution >= 0.6 is 0 Å². The van der Waals surface area contributed by atoms with E-state index in [9.17, 15) is 4.79 Å². The molecule has 0 N–H and O–H groups in total. The van der Waals surface area contributed by atoms with E-state index in [1.165, 1.54) is 0 Å². The molecule has 1 saturated carbocycles. The van der Waals surface area contributed by atoms with Gasteiger partial charge in [-0.1, -0.05) is 32.9 Å². The second kappa shape index (κ2) is 8.68. The number of likely N-dealkylation sites (tertiary alicyclic amines) is 1. The molecule has 2 heterocycles. The highest BCUT2D eigenvalue weighted by Crippen LogP contribution is 2.52. The van der Waals surface area contributed by atoms with Gasteiger partial charge in [-0.2, -0.15) is 5.10 Å². The van der Waals surface area contributed by atoms with Crippen molar-refractivity contribution >= 4 is 5.91 Å². The number of aryl methyl sites for hydroxylation is 2. The van der Waals surface area contributed by atoms with Crippen molar-refractivity contribution in [3.63, 3.8) is 0 Å². The third-order valence-electron chi connectivity index (χ3n) is 7.88. The Bertz CT molecular complexity index is 1320. The Kier molecular flexibility index (Phi) is 5.89. The van der Waals surface area contributed by atoms with Crippen LogP contribution in [0.15, 0.2) is 42.5 Å². The van der Waals surface area contributed by atoms with Crippen LogP contribution in [-0.2, 0) is 0 Å². The van der Waals surface area contributed by atoms with Gasteiger partial charge < -0.3 is 14.4 Å². The topological polar surface area (TPSA) is 56.6 Å².